The molecule has 2 atom stereocenters. The highest BCUT2D eigenvalue weighted by atomic mass is 15.1. The van der Waals surface area contributed by atoms with Gasteiger partial charge in [0.15, 0.2) is 0 Å². The summed E-state index contributed by atoms with van der Waals surface area (Å²) >= 11 is 0. The summed E-state index contributed by atoms with van der Waals surface area (Å²) < 4.78 is 0. The molecule has 1 rings (SSSR count). The van der Waals surface area contributed by atoms with E-state index < -0.39 is 0 Å². The van der Waals surface area contributed by atoms with Crippen molar-refractivity contribution in [3.8, 4) is 0 Å². The fourth-order valence-electron chi connectivity index (χ4n) is 1.36. The van der Waals surface area contributed by atoms with Gasteiger partial charge in [0.1, 0.15) is 0 Å². The fraction of sp³-hybridized carbons (Fsp3) is 0.714. The molecule has 0 aliphatic carbocycles. The van der Waals surface area contributed by atoms with E-state index in [4.69, 9.17) is 11.5 Å². The average Bonchev–Trinajstić information content (AvgIpc) is 1.85. The Morgan fingerprint density at radius 3 is 2.20 bits per heavy atom. The van der Waals surface area contributed by atoms with Crippen LogP contribution in [0.15, 0.2) is 12.8 Å². The van der Waals surface area contributed by atoms with Gasteiger partial charge in [-0.05, 0) is 12.6 Å². The van der Waals surface area contributed by atoms with E-state index in [1.807, 2.05) is 0 Å². The number of likely N-dealkylation sites (tertiary alicyclic amines) is 1. The minimum absolute atomic E-state index is 0.224. The van der Waals surface area contributed by atoms with Crippen LogP contribution in [0.25, 0.3) is 0 Å². The topological polar surface area (TPSA) is 55.3 Å². The summed E-state index contributed by atoms with van der Waals surface area (Å²) in [4.78, 5) is 2.07. The lowest BCUT2D eigenvalue weighted by Crippen LogP contribution is -2.50. The molecule has 3 nitrogen and oxygen atoms in total. The van der Waals surface area contributed by atoms with Crippen molar-refractivity contribution in [1.29, 1.82) is 0 Å². The molecule has 1 heterocycles. The van der Waals surface area contributed by atoms with Crippen LogP contribution in [0.5, 0.6) is 0 Å². The van der Waals surface area contributed by atoms with Crippen molar-refractivity contribution in [1.82, 2.24) is 4.90 Å². The van der Waals surface area contributed by atoms with Crippen molar-refractivity contribution in [2.45, 2.75) is 18.5 Å². The summed E-state index contributed by atoms with van der Waals surface area (Å²) in [6, 6.07) is 0.448. The molecule has 0 spiro atoms. The second-order valence-electron chi connectivity index (χ2n) is 2.89. The third-order valence-electron chi connectivity index (χ3n) is 1.80. The number of piperidine rings is 1. The molecule has 2 unspecified atom stereocenters. The zero-order chi connectivity index (χ0) is 7.56. The summed E-state index contributed by atoms with van der Waals surface area (Å²) in [5.41, 5.74) is 11.4. The van der Waals surface area contributed by atoms with Crippen molar-refractivity contribution >= 4 is 0 Å². The normalized spacial score (nSPS) is 34.0. The second-order valence-corrected chi connectivity index (χ2v) is 2.89. The molecule has 1 aliphatic rings. The van der Waals surface area contributed by atoms with Gasteiger partial charge in [-0.25, -0.2) is 0 Å². The van der Waals surface area contributed by atoms with Crippen molar-refractivity contribution in [2.75, 3.05) is 13.1 Å². The lowest BCUT2D eigenvalue weighted by atomic mass is 10.0. The number of hydrogen-bond acceptors (Lipinski definition) is 3. The maximum atomic E-state index is 5.72. The molecule has 58 valence electrons. The summed E-state index contributed by atoms with van der Waals surface area (Å²) in [6.07, 6.45) is 2.74. The molecule has 0 aromatic rings. The molecule has 3 heteroatoms. The Labute approximate surface area is 61.7 Å². The summed E-state index contributed by atoms with van der Waals surface area (Å²) in [7, 11) is 0. The van der Waals surface area contributed by atoms with Gasteiger partial charge < -0.3 is 16.4 Å². The predicted octanol–water partition coefficient (Wildman–Crippen LogP) is -0.510. The largest absolute Gasteiger partial charge is 0.375 e. The lowest BCUT2D eigenvalue weighted by Gasteiger charge is -2.33. The zero-order valence-corrected chi connectivity index (χ0v) is 6.16. The van der Waals surface area contributed by atoms with E-state index in [9.17, 15) is 0 Å². The highest BCUT2D eigenvalue weighted by Crippen LogP contribution is 2.06. The average molecular weight is 141 g/mol. The van der Waals surface area contributed by atoms with Crippen LogP contribution in [0.4, 0.5) is 0 Å². The molecule has 1 aliphatic heterocycles. The molecule has 0 radical (unpaired) electrons. The summed E-state index contributed by atoms with van der Waals surface area (Å²) in [5, 5.41) is 0. The Hall–Kier alpha value is -0.540. The van der Waals surface area contributed by atoms with Crippen LogP contribution in [0.3, 0.4) is 0 Å². The van der Waals surface area contributed by atoms with E-state index in [2.05, 4.69) is 11.5 Å². The molecule has 0 aromatic carbocycles. The number of nitrogens with two attached hydrogens (primary N) is 2. The second kappa shape index (κ2) is 3.03. The Bertz CT molecular complexity index is 114. The van der Waals surface area contributed by atoms with E-state index in [0.29, 0.717) is 0 Å². The third kappa shape index (κ3) is 1.72. The van der Waals surface area contributed by atoms with Gasteiger partial charge in [0.25, 0.3) is 0 Å². The SMILES string of the molecule is C=CN1CC(N)CC(N)C1. The molecular formula is C7H15N3. The first-order valence-corrected chi connectivity index (χ1v) is 3.60. The Balaban J connectivity index is 2.42. The first kappa shape index (κ1) is 7.57. The molecule has 0 aromatic heterocycles. The molecule has 1 fully saturated rings. The Kier molecular flexibility index (Phi) is 2.29. The van der Waals surface area contributed by atoms with E-state index in [1.54, 1.807) is 6.20 Å². The molecule has 0 saturated carbocycles. The van der Waals surface area contributed by atoms with Crippen LogP contribution in [0.2, 0.25) is 0 Å². The van der Waals surface area contributed by atoms with Crippen LogP contribution in [-0.2, 0) is 0 Å². The predicted molar refractivity (Wildman–Crippen MR) is 42.3 cm³/mol. The fourth-order valence-corrected chi connectivity index (χ4v) is 1.36. The van der Waals surface area contributed by atoms with Crippen molar-refractivity contribution in [2.24, 2.45) is 11.5 Å². The van der Waals surface area contributed by atoms with Crippen LogP contribution in [0, 0.1) is 0 Å². The van der Waals surface area contributed by atoms with E-state index in [-0.39, 0.29) is 12.1 Å². The first-order chi connectivity index (χ1) is 4.72. The first-order valence-electron chi connectivity index (χ1n) is 3.60. The van der Waals surface area contributed by atoms with Gasteiger partial charge in [-0.15, -0.1) is 0 Å². The Morgan fingerprint density at radius 2 is 1.80 bits per heavy atom. The van der Waals surface area contributed by atoms with Crippen molar-refractivity contribution < 1.29 is 0 Å². The van der Waals surface area contributed by atoms with Gasteiger partial charge in [0.2, 0.25) is 0 Å². The summed E-state index contributed by atoms with van der Waals surface area (Å²) in [6.45, 7) is 5.47. The molecule has 4 N–H and O–H groups in total. The highest BCUT2D eigenvalue weighted by molar-refractivity contribution is 4.87. The quantitative estimate of drug-likeness (QED) is 0.517. The summed E-state index contributed by atoms with van der Waals surface area (Å²) in [5.74, 6) is 0. The molecular weight excluding hydrogens is 126 g/mol. The standard InChI is InChI=1S/C7H15N3/c1-2-10-4-6(8)3-7(9)5-10/h2,6-7H,1,3-5,8-9H2. The van der Waals surface area contributed by atoms with Gasteiger partial charge in [-0.3, -0.25) is 0 Å². The lowest BCUT2D eigenvalue weighted by molar-refractivity contribution is 0.255. The number of nitrogens with zero attached hydrogens (tertiary/aromatic N) is 1. The number of rotatable bonds is 1. The zero-order valence-electron chi connectivity index (χ0n) is 6.16. The van der Waals surface area contributed by atoms with Crippen LogP contribution in [-0.4, -0.2) is 30.1 Å². The van der Waals surface area contributed by atoms with Gasteiger partial charge in [-0.2, -0.15) is 0 Å². The Morgan fingerprint density at radius 1 is 1.30 bits per heavy atom. The van der Waals surface area contributed by atoms with Gasteiger partial charge >= 0.3 is 0 Å². The van der Waals surface area contributed by atoms with E-state index in [0.717, 1.165) is 19.5 Å². The van der Waals surface area contributed by atoms with Crippen molar-refractivity contribution in [3.63, 3.8) is 0 Å². The van der Waals surface area contributed by atoms with Gasteiger partial charge in [-0.1, -0.05) is 6.58 Å². The van der Waals surface area contributed by atoms with Gasteiger partial charge in [0.05, 0.1) is 0 Å². The van der Waals surface area contributed by atoms with Crippen LogP contribution >= 0.6 is 0 Å². The van der Waals surface area contributed by atoms with E-state index in [1.165, 1.54) is 0 Å². The molecule has 0 bridgehead atoms. The minimum Gasteiger partial charge on any atom is -0.375 e. The maximum absolute atomic E-state index is 5.72. The molecule has 1 saturated heterocycles. The van der Waals surface area contributed by atoms with Crippen LogP contribution < -0.4 is 11.5 Å². The van der Waals surface area contributed by atoms with E-state index >= 15 is 0 Å². The van der Waals surface area contributed by atoms with Gasteiger partial charge in [0, 0.05) is 25.2 Å². The minimum atomic E-state index is 0.224. The monoisotopic (exact) mass is 141 g/mol. The number of hydrogen-bond donors (Lipinski definition) is 2. The van der Waals surface area contributed by atoms with Crippen molar-refractivity contribution in [3.05, 3.63) is 12.8 Å². The maximum Gasteiger partial charge on any atom is 0.0325 e. The smallest absolute Gasteiger partial charge is 0.0325 e. The van der Waals surface area contributed by atoms with Crippen LogP contribution in [0.1, 0.15) is 6.42 Å². The molecule has 0 amide bonds. The third-order valence-corrected chi connectivity index (χ3v) is 1.80. The highest BCUT2D eigenvalue weighted by Gasteiger charge is 2.19. The molecule has 10 heavy (non-hydrogen) atoms.